The van der Waals surface area contributed by atoms with Gasteiger partial charge in [0.25, 0.3) is 0 Å². The molecule has 0 saturated heterocycles. The SMILES string of the molecule is CCCCCCC/C=C(\C)CCC=O. The highest BCUT2D eigenvalue weighted by molar-refractivity contribution is 5.49. The molecule has 0 spiro atoms. The molecule has 0 radical (unpaired) electrons. The number of hydrogen-bond acceptors (Lipinski definition) is 1. The summed E-state index contributed by atoms with van der Waals surface area (Å²) < 4.78 is 0. The van der Waals surface area contributed by atoms with Gasteiger partial charge in [-0.3, -0.25) is 0 Å². The van der Waals surface area contributed by atoms with Crippen LogP contribution < -0.4 is 0 Å². The number of aldehydes is 1. The summed E-state index contributed by atoms with van der Waals surface area (Å²) in [6, 6.07) is 0. The van der Waals surface area contributed by atoms with Crippen LogP contribution in [0.3, 0.4) is 0 Å². The molecule has 14 heavy (non-hydrogen) atoms. The zero-order valence-electron chi connectivity index (χ0n) is 9.72. The quantitative estimate of drug-likeness (QED) is 0.306. The molecule has 82 valence electrons. The summed E-state index contributed by atoms with van der Waals surface area (Å²) in [6.45, 7) is 4.36. The Hall–Kier alpha value is -0.590. The van der Waals surface area contributed by atoms with Crippen molar-refractivity contribution < 1.29 is 4.79 Å². The molecule has 0 saturated carbocycles. The van der Waals surface area contributed by atoms with Crippen LogP contribution in [0.2, 0.25) is 0 Å². The van der Waals surface area contributed by atoms with E-state index in [9.17, 15) is 4.79 Å². The van der Waals surface area contributed by atoms with Gasteiger partial charge in [0, 0.05) is 6.42 Å². The van der Waals surface area contributed by atoms with Crippen molar-refractivity contribution in [3.05, 3.63) is 11.6 Å². The van der Waals surface area contributed by atoms with Crippen molar-refractivity contribution in [1.82, 2.24) is 0 Å². The molecule has 0 aliphatic rings. The monoisotopic (exact) mass is 196 g/mol. The van der Waals surface area contributed by atoms with Gasteiger partial charge < -0.3 is 4.79 Å². The molecule has 0 N–H and O–H groups in total. The van der Waals surface area contributed by atoms with Crippen molar-refractivity contribution in [1.29, 1.82) is 0 Å². The maximum Gasteiger partial charge on any atom is 0.120 e. The minimum atomic E-state index is 0.679. The first kappa shape index (κ1) is 13.4. The number of rotatable bonds is 9. The van der Waals surface area contributed by atoms with Gasteiger partial charge in [0.15, 0.2) is 0 Å². The zero-order valence-corrected chi connectivity index (χ0v) is 9.72. The molecule has 0 aliphatic carbocycles. The molecule has 0 rings (SSSR count). The van der Waals surface area contributed by atoms with Crippen LogP contribution in [0, 0.1) is 0 Å². The van der Waals surface area contributed by atoms with Gasteiger partial charge in [0.05, 0.1) is 0 Å². The Morgan fingerprint density at radius 3 is 2.43 bits per heavy atom. The molecule has 0 bridgehead atoms. The van der Waals surface area contributed by atoms with E-state index in [0.29, 0.717) is 6.42 Å². The molecule has 0 unspecified atom stereocenters. The summed E-state index contributed by atoms with van der Waals surface area (Å²) in [5, 5.41) is 0. The second-order valence-corrected chi connectivity index (χ2v) is 3.96. The Labute approximate surface area is 88.6 Å². The van der Waals surface area contributed by atoms with E-state index < -0.39 is 0 Å². The number of allylic oxidation sites excluding steroid dienone is 2. The summed E-state index contributed by atoms with van der Waals surface area (Å²) in [5.74, 6) is 0. The molecule has 0 aliphatic heterocycles. The van der Waals surface area contributed by atoms with Crippen LogP contribution in [0.25, 0.3) is 0 Å². The zero-order chi connectivity index (χ0) is 10.6. The Morgan fingerprint density at radius 2 is 1.79 bits per heavy atom. The first-order chi connectivity index (χ1) is 6.81. The molecule has 1 nitrogen and oxygen atoms in total. The highest BCUT2D eigenvalue weighted by Crippen LogP contribution is 2.09. The Bertz CT molecular complexity index is 159. The predicted octanol–water partition coefficient (Wildman–Crippen LogP) is 4.27. The summed E-state index contributed by atoms with van der Waals surface area (Å²) in [7, 11) is 0. The van der Waals surface area contributed by atoms with E-state index in [1.54, 1.807) is 0 Å². The molecule has 0 amide bonds. The van der Waals surface area contributed by atoms with E-state index in [4.69, 9.17) is 0 Å². The van der Waals surface area contributed by atoms with Gasteiger partial charge in [-0.05, 0) is 26.2 Å². The smallest absolute Gasteiger partial charge is 0.120 e. The summed E-state index contributed by atoms with van der Waals surface area (Å²) in [6.07, 6.45) is 12.8. The van der Waals surface area contributed by atoms with Gasteiger partial charge in [0.2, 0.25) is 0 Å². The molecule has 0 heterocycles. The molecule has 0 aromatic rings. The second-order valence-electron chi connectivity index (χ2n) is 3.96. The molecular formula is C13H24O. The predicted molar refractivity (Wildman–Crippen MR) is 62.4 cm³/mol. The topological polar surface area (TPSA) is 17.1 Å². The third kappa shape index (κ3) is 9.50. The molecule has 0 fully saturated rings. The van der Waals surface area contributed by atoms with Crippen LogP contribution in [0.15, 0.2) is 11.6 Å². The molecule has 0 atom stereocenters. The minimum absolute atomic E-state index is 0.679. The lowest BCUT2D eigenvalue weighted by Gasteiger charge is -1.99. The van der Waals surface area contributed by atoms with Gasteiger partial charge in [-0.1, -0.05) is 44.3 Å². The van der Waals surface area contributed by atoms with Crippen LogP contribution in [0.5, 0.6) is 0 Å². The van der Waals surface area contributed by atoms with Crippen molar-refractivity contribution in [2.75, 3.05) is 0 Å². The van der Waals surface area contributed by atoms with E-state index in [0.717, 1.165) is 12.7 Å². The highest BCUT2D eigenvalue weighted by Gasteiger charge is 1.90. The van der Waals surface area contributed by atoms with Crippen LogP contribution in [0.4, 0.5) is 0 Å². The fourth-order valence-electron chi connectivity index (χ4n) is 1.49. The van der Waals surface area contributed by atoms with E-state index in [1.807, 2.05) is 0 Å². The highest BCUT2D eigenvalue weighted by atomic mass is 16.1. The first-order valence-electron chi connectivity index (χ1n) is 5.90. The van der Waals surface area contributed by atoms with Crippen molar-refractivity contribution in [3.63, 3.8) is 0 Å². The molecular weight excluding hydrogens is 172 g/mol. The van der Waals surface area contributed by atoms with Crippen molar-refractivity contribution in [2.24, 2.45) is 0 Å². The fourth-order valence-corrected chi connectivity index (χ4v) is 1.49. The maximum absolute atomic E-state index is 10.1. The van der Waals surface area contributed by atoms with Gasteiger partial charge in [0.1, 0.15) is 6.29 Å². The lowest BCUT2D eigenvalue weighted by molar-refractivity contribution is -0.107. The largest absolute Gasteiger partial charge is 0.303 e. The molecule has 0 aromatic heterocycles. The average molecular weight is 196 g/mol. The van der Waals surface area contributed by atoms with Crippen molar-refractivity contribution >= 4 is 6.29 Å². The number of carbonyl (C=O) groups is 1. The average Bonchev–Trinajstić information content (AvgIpc) is 2.20. The summed E-state index contributed by atoms with van der Waals surface area (Å²) >= 11 is 0. The standard InChI is InChI=1S/C13H24O/c1-3-4-5-6-7-8-10-13(2)11-9-12-14/h10,12H,3-9,11H2,1-2H3/b13-10+. The van der Waals surface area contributed by atoms with Crippen LogP contribution >= 0.6 is 0 Å². The number of unbranched alkanes of at least 4 members (excludes halogenated alkanes) is 5. The van der Waals surface area contributed by atoms with Gasteiger partial charge >= 0.3 is 0 Å². The van der Waals surface area contributed by atoms with Gasteiger partial charge in [-0.15, -0.1) is 0 Å². The number of carbonyl (C=O) groups excluding carboxylic acids is 1. The maximum atomic E-state index is 10.1. The van der Waals surface area contributed by atoms with E-state index >= 15 is 0 Å². The Morgan fingerprint density at radius 1 is 1.07 bits per heavy atom. The van der Waals surface area contributed by atoms with E-state index in [2.05, 4.69) is 19.9 Å². The van der Waals surface area contributed by atoms with E-state index in [-0.39, 0.29) is 0 Å². The van der Waals surface area contributed by atoms with Gasteiger partial charge in [-0.2, -0.15) is 0 Å². The van der Waals surface area contributed by atoms with Crippen molar-refractivity contribution in [2.45, 2.75) is 65.2 Å². The van der Waals surface area contributed by atoms with Crippen molar-refractivity contribution in [3.8, 4) is 0 Å². The normalized spacial score (nSPS) is 11.7. The van der Waals surface area contributed by atoms with E-state index in [1.165, 1.54) is 44.1 Å². The summed E-state index contributed by atoms with van der Waals surface area (Å²) in [5.41, 5.74) is 1.37. The third-order valence-corrected chi connectivity index (χ3v) is 2.46. The third-order valence-electron chi connectivity index (χ3n) is 2.46. The molecule has 1 heteroatoms. The fraction of sp³-hybridized carbons (Fsp3) is 0.769. The van der Waals surface area contributed by atoms with Crippen LogP contribution in [-0.4, -0.2) is 6.29 Å². The first-order valence-corrected chi connectivity index (χ1v) is 5.90. The second kappa shape index (κ2) is 10.5. The lowest BCUT2D eigenvalue weighted by atomic mass is 10.1. The summed E-state index contributed by atoms with van der Waals surface area (Å²) in [4.78, 5) is 10.1. The Balaban J connectivity index is 3.27. The molecule has 0 aromatic carbocycles. The van der Waals surface area contributed by atoms with Crippen LogP contribution in [-0.2, 0) is 4.79 Å². The van der Waals surface area contributed by atoms with Gasteiger partial charge in [-0.25, -0.2) is 0 Å². The lowest BCUT2D eigenvalue weighted by Crippen LogP contribution is -1.81. The number of hydrogen-bond donors (Lipinski definition) is 0. The Kier molecular flexibility index (Phi) is 10.0. The minimum Gasteiger partial charge on any atom is -0.303 e. The van der Waals surface area contributed by atoms with Crippen LogP contribution in [0.1, 0.15) is 65.2 Å².